The quantitative estimate of drug-likeness (QED) is 0.800. The first-order valence-corrected chi connectivity index (χ1v) is 8.74. The molecule has 2 atom stereocenters. The molecule has 128 valence electrons. The van der Waals surface area contributed by atoms with E-state index in [1.807, 2.05) is 0 Å². The highest BCUT2D eigenvalue weighted by Gasteiger charge is 2.33. The lowest BCUT2D eigenvalue weighted by Gasteiger charge is -2.32. The average molecular weight is 311 g/mol. The summed E-state index contributed by atoms with van der Waals surface area (Å²) in [6.07, 6.45) is 3.16. The molecule has 2 heterocycles. The van der Waals surface area contributed by atoms with E-state index >= 15 is 0 Å². The number of ether oxygens (including phenoxy) is 1. The molecule has 1 amide bonds. The maximum absolute atomic E-state index is 12.9. The molecule has 0 saturated carbocycles. The highest BCUT2D eigenvalue weighted by atomic mass is 16.5. The van der Waals surface area contributed by atoms with Crippen LogP contribution in [0.25, 0.3) is 0 Å². The third-order valence-corrected chi connectivity index (χ3v) is 4.79. The van der Waals surface area contributed by atoms with E-state index in [9.17, 15) is 4.79 Å². The van der Waals surface area contributed by atoms with Crippen molar-refractivity contribution in [2.24, 2.45) is 11.8 Å². The van der Waals surface area contributed by atoms with Gasteiger partial charge in [0.1, 0.15) is 0 Å². The third kappa shape index (κ3) is 4.93. The van der Waals surface area contributed by atoms with Crippen LogP contribution >= 0.6 is 0 Å². The van der Waals surface area contributed by atoms with Crippen molar-refractivity contribution >= 4 is 5.91 Å². The van der Waals surface area contributed by atoms with Gasteiger partial charge in [-0.3, -0.25) is 4.79 Å². The van der Waals surface area contributed by atoms with Crippen LogP contribution in [-0.2, 0) is 9.53 Å². The van der Waals surface area contributed by atoms with Crippen molar-refractivity contribution in [1.82, 2.24) is 15.1 Å². The highest BCUT2D eigenvalue weighted by molar-refractivity contribution is 5.82. The molecule has 2 rings (SSSR count). The average Bonchev–Trinajstić information content (AvgIpc) is 2.92. The van der Waals surface area contributed by atoms with E-state index in [-0.39, 0.29) is 6.04 Å². The van der Waals surface area contributed by atoms with Gasteiger partial charge in [0.15, 0.2) is 0 Å². The van der Waals surface area contributed by atoms with Crippen LogP contribution in [0.5, 0.6) is 0 Å². The first kappa shape index (κ1) is 17.7. The topological polar surface area (TPSA) is 44.8 Å². The highest BCUT2D eigenvalue weighted by Crippen LogP contribution is 2.20. The van der Waals surface area contributed by atoms with Gasteiger partial charge in [0.2, 0.25) is 5.91 Å². The standard InChI is InChI=1S/C17H33N3O2/c1-13(2)16(18-15-6-9-22-10-7-15)17(21)20-8-5-14(12-20)11-19(3)4/h13-16,18H,5-12H2,1-4H3. The summed E-state index contributed by atoms with van der Waals surface area (Å²) in [6.45, 7) is 8.80. The van der Waals surface area contributed by atoms with Crippen molar-refractivity contribution in [1.29, 1.82) is 0 Å². The minimum absolute atomic E-state index is 0.0544. The SMILES string of the molecule is CC(C)C(NC1CCOCC1)C(=O)N1CCC(CN(C)C)C1. The zero-order valence-electron chi connectivity index (χ0n) is 14.7. The third-order valence-electron chi connectivity index (χ3n) is 4.79. The maximum atomic E-state index is 12.9. The molecule has 0 aromatic heterocycles. The lowest BCUT2D eigenvalue weighted by atomic mass is 9.99. The van der Waals surface area contributed by atoms with Crippen LogP contribution in [0.4, 0.5) is 0 Å². The van der Waals surface area contributed by atoms with Gasteiger partial charge in [-0.1, -0.05) is 13.8 Å². The summed E-state index contributed by atoms with van der Waals surface area (Å²) >= 11 is 0. The molecule has 0 aromatic rings. The molecule has 0 radical (unpaired) electrons. The first-order valence-electron chi connectivity index (χ1n) is 8.74. The molecule has 2 aliphatic rings. The molecule has 22 heavy (non-hydrogen) atoms. The Balaban J connectivity index is 1.89. The number of carbonyl (C=O) groups is 1. The number of nitrogens with one attached hydrogen (secondary N) is 1. The predicted octanol–water partition coefficient (Wildman–Crippen LogP) is 1.19. The lowest BCUT2D eigenvalue weighted by Crippen LogP contribution is -2.53. The van der Waals surface area contributed by atoms with Crippen LogP contribution in [-0.4, -0.2) is 74.7 Å². The summed E-state index contributed by atoms with van der Waals surface area (Å²) in [6, 6.07) is 0.367. The Morgan fingerprint density at radius 1 is 1.27 bits per heavy atom. The fourth-order valence-corrected chi connectivity index (χ4v) is 3.56. The van der Waals surface area contributed by atoms with Crippen LogP contribution in [0, 0.1) is 11.8 Å². The second-order valence-electron chi connectivity index (χ2n) is 7.48. The Hall–Kier alpha value is -0.650. The predicted molar refractivity (Wildman–Crippen MR) is 88.8 cm³/mol. The van der Waals surface area contributed by atoms with Crippen molar-refractivity contribution in [3.8, 4) is 0 Å². The van der Waals surface area contributed by atoms with Gasteiger partial charge < -0.3 is 19.9 Å². The summed E-state index contributed by atoms with van der Waals surface area (Å²) in [5, 5.41) is 3.61. The van der Waals surface area contributed by atoms with E-state index in [0.717, 1.165) is 52.1 Å². The maximum Gasteiger partial charge on any atom is 0.239 e. The fraction of sp³-hybridized carbons (Fsp3) is 0.941. The van der Waals surface area contributed by atoms with Crippen LogP contribution in [0.2, 0.25) is 0 Å². The number of likely N-dealkylation sites (tertiary alicyclic amines) is 1. The Kier molecular flexibility index (Phi) is 6.66. The monoisotopic (exact) mass is 311 g/mol. The second kappa shape index (κ2) is 8.27. The summed E-state index contributed by atoms with van der Waals surface area (Å²) in [5.41, 5.74) is 0. The summed E-state index contributed by atoms with van der Waals surface area (Å²) < 4.78 is 5.41. The number of nitrogens with zero attached hydrogens (tertiary/aromatic N) is 2. The van der Waals surface area contributed by atoms with E-state index in [1.165, 1.54) is 0 Å². The van der Waals surface area contributed by atoms with Gasteiger partial charge in [-0.15, -0.1) is 0 Å². The number of amides is 1. The van der Waals surface area contributed by atoms with Crippen LogP contribution in [0.15, 0.2) is 0 Å². The van der Waals surface area contributed by atoms with Crippen LogP contribution in [0.1, 0.15) is 33.1 Å². The van der Waals surface area contributed by atoms with Gasteiger partial charge in [-0.05, 0) is 45.2 Å². The molecule has 2 saturated heterocycles. The lowest BCUT2D eigenvalue weighted by molar-refractivity contribution is -0.134. The Labute approximate surface area is 135 Å². The zero-order valence-corrected chi connectivity index (χ0v) is 14.7. The number of rotatable bonds is 6. The van der Waals surface area contributed by atoms with Crippen molar-refractivity contribution < 1.29 is 9.53 Å². The normalized spacial score (nSPS) is 25.2. The van der Waals surface area contributed by atoms with Crippen molar-refractivity contribution in [3.05, 3.63) is 0 Å². The summed E-state index contributed by atoms with van der Waals surface area (Å²) in [5.74, 6) is 1.24. The number of hydrogen-bond acceptors (Lipinski definition) is 4. The van der Waals surface area contributed by atoms with Gasteiger partial charge in [-0.2, -0.15) is 0 Å². The van der Waals surface area contributed by atoms with Crippen molar-refractivity contribution in [3.63, 3.8) is 0 Å². The largest absolute Gasteiger partial charge is 0.381 e. The molecule has 5 heteroatoms. The Bertz CT molecular complexity index is 354. The minimum Gasteiger partial charge on any atom is -0.381 e. The summed E-state index contributed by atoms with van der Waals surface area (Å²) in [7, 11) is 4.21. The number of hydrogen-bond donors (Lipinski definition) is 1. The molecule has 2 fully saturated rings. The van der Waals surface area contributed by atoms with Crippen molar-refractivity contribution in [2.45, 2.75) is 45.2 Å². The molecule has 1 N–H and O–H groups in total. The van der Waals surface area contributed by atoms with Gasteiger partial charge in [-0.25, -0.2) is 0 Å². The summed E-state index contributed by atoms with van der Waals surface area (Å²) in [4.78, 5) is 17.2. The van der Waals surface area contributed by atoms with E-state index in [0.29, 0.717) is 23.8 Å². The molecule has 5 nitrogen and oxygen atoms in total. The van der Waals surface area contributed by atoms with E-state index in [1.54, 1.807) is 0 Å². The molecule has 2 unspecified atom stereocenters. The van der Waals surface area contributed by atoms with Crippen LogP contribution < -0.4 is 5.32 Å². The van der Waals surface area contributed by atoms with Gasteiger partial charge >= 0.3 is 0 Å². The molecular formula is C17H33N3O2. The van der Waals surface area contributed by atoms with Crippen molar-refractivity contribution in [2.75, 3.05) is 46.9 Å². The molecule has 2 aliphatic heterocycles. The molecule has 0 bridgehead atoms. The van der Waals surface area contributed by atoms with Gasteiger partial charge in [0.05, 0.1) is 6.04 Å². The first-order chi connectivity index (χ1) is 10.5. The molecule has 0 aliphatic carbocycles. The van der Waals surface area contributed by atoms with E-state index < -0.39 is 0 Å². The minimum atomic E-state index is -0.0544. The Morgan fingerprint density at radius 2 is 1.95 bits per heavy atom. The van der Waals surface area contributed by atoms with Gasteiger partial charge in [0, 0.05) is 38.9 Å². The zero-order chi connectivity index (χ0) is 16.1. The van der Waals surface area contributed by atoms with E-state index in [4.69, 9.17) is 4.74 Å². The fourth-order valence-electron chi connectivity index (χ4n) is 3.56. The number of carbonyl (C=O) groups excluding carboxylic acids is 1. The van der Waals surface area contributed by atoms with E-state index in [2.05, 4.69) is 43.1 Å². The second-order valence-corrected chi connectivity index (χ2v) is 7.48. The Morgan fingerprint density at radius 3 is 2.55 bits per heavy atom. The van der Waals surface area contributed by atoms with Crippen LogP contribution in [0.3, 0.4) is 0 Å². The molecular weight excluding hydrogens is 278 g/mol. The smallest absolute Gasteiger partial charge is 0.239 e. The van der Waals surface area contributed by atoms with Gasteiger partial charge in [0.25, 0.3) is 0 Å². The molecule has 0 aromatic carbocycles. The molecule has 0 spiro atoms.